The number of rotatable bonds is 4. The summed E-state index contributed by atoms with van der Waals surface area (Å²) < 4.78 is 0. The van der Waals surface area contributed by atoms with Crippen molar-refractivity contribution in [2.75, 3.05) is 0 Å². The van der Waals surface area contributed by atoms with E-state index < -0.39 is 6.15 Å². The maximum Gasteiger partial charge on any atom is 0.108 e. The summed E-state index contributed by atoms with van der Waals surface area (Å²) in [7, 11) is 0. The molecule has 0 unspecified atom stereocenters. The Balaban J connectivity index is 2.18. The fraction of sp³-hybridized carbons (Fsp3) is 0.0769. The first-order valence-corrected chi connectivity index (χ1v) is 9.63. The summed E-state index contributed by atoms with van der Waals surface area (Å²) in [4.78, 5) is 0. The van der Waals surface area contributed by atoms with Crippen molar-refractivity contribution in [2.45, 2.75) is 13.8 Å². The van der Waals surface area contributed by atoms with Crippen molar-refractivity contribution in [2.24, 2.45) is 0 Å². The molecule has 0 spiro atoms. The minimum absolute atomic E-state index is 1.26. The van der Waals surface area contributed by atoms with Gasteiger partial charge in [-0.1, -0.05) is 120 Å². The molecule has 4 aromatic rings. The second kappa shape index (κ2) is 7.29. The first kappa shape index (κ1) is 17.4. The molecular weight excluding hydrogens is 323 g/mol. The van der Waals surface area contributed by atoms with E-state index in [2.05, 4.69) is 123 Å². The highest BCUT2D eigenvalue weighted by Gasteiger charge is 2.32. The molecule has 0 radical (unpaired) electrons. The first-order chi connectivity index (χ1) is 13.2. The minimum Gasteiger partial charge on any atom is -0.195 e. The summed E-state index contributed by atoms with van der Waals surface area (Å²) in [6, 6.07) is 39.6. The molecule has 0 amide bonds. The van der Waals surface area contributed by atoms with Crippen molar-refractivity contribution in [1.29, 1.82) is 0 Å². The molecule has 0 heterocycles. The van der Waals surface area contributed by atoms with Gasteiger partial charge in [0.15, 0.2) is 0 Å². The van der Waals surface area contributed by atoms with E-state index in [9.17, 15) is 0 Å². The molecule has 0 saturated carbocycles. The van der Waals surface area contributed by atoms with E-state index in [0.717, 1.165) is 0 Å². The van der Waals surface area contributed by atoms with Gasteiger partial charge < -0.3 is 0 Å². The zero-order valence-corrected chi connectivity index (χ0v) is 16.0. The van der Waals surface area contributed by atoms with Gasteiger partial charge in [0.05, 0.1) is 0 Å². The van der Waals surface area contributed by atoms with Crippen LogP contribution >= 0.6 is 0 Å². The summed E-state index contributed by atoms with van der Waals surface area (Å²) in [5, 5.41) is 0. The van der Waals surface area contributed by atoms with Crippen LogP contribution in [-0.2, 0) is 0 Å². The van der Waals surface area contributed by atoms with Crippen molar-refractivity contribution in [3.8, 4) is 0 Å². The number of aryl methyl sites for hydroxylation is 1. The molecule has 0 aliphatic rings. The van der Waals surface area contributed by atoms with Crippen molar-refractivity contribution < 1.29 is 0 Å². The molecule has 1 heteroatoms. The van der Waals surface area contributed by atoms with Gasteiger partial charge in [-0.25, -0.2) is 0 Å². The highest BCUT2D eigenvalue weighted by molar-refractivity contribution is 7.20. The molecule has 0 atom stereocenters. The van der Waals surface area contributed by atoms with Crippen LogP contribution in [0.1, 0.15) is 11.1 Å². The normalized spacial score (nSPS) is 11.3. The summed E-state index contributed by atoms with van der Waals surface area (Å²) >= 11 is 0. The predicted octanol–water partition coefficient (Wildman–Crippen LogP) is 3.68. The maximum atomic E-state index is 2.31. The molecule has 132 valence electrons. The molecule has 0 fully saturated rings. The van der Waals surface area contributed by atoms with Gasteiger partial charge in [0.2, 0.25) is 0 Å². The molecule has 0 N–H and O–H groups in total. The monoisotopic (exact) mass is 347 g/mol. The predicted molar refractivity (Wildman–Crippen MR) is 120 cm³/mol. The van der Waals surface area contributed by atoms with Crippen molar-refractivity contribution in [3.05, 3.63) is 120 Å². The van der Waals surface area contributed by atoms with E-state index in [1.165, 1.54) is 33.0 Å². The van der Waals surface area contributed by atoms with Gasteiger partial charge in [-0.2, -0.15) is 21.9 Å². The van der Waals surface area contributed by atoms with Crippen LogP contribution in [0.15, 0.2) is 109 Å². The lowest BCUT2D eigenvalue weighted by molar-refractivity contribution is 1.36. The zero-order chi connectivity index (χ0) is 18.7. The first-order valence-electron chi connectivity index (χ1n) is 9.63. The second-order valence-corrected chi connectivity index (χ2v) is 7.39. The van der Waals surface area contributed by atoms with Gasteiger partial charge in [-0.3, -0.25) is 0 Å². The minimum atomic E-state index is -1.26. The third kappa shape index (κ3) is 2.90. The molecule has 0 saturated heterocycles. The number of hydrogen-bond donors (Lipinski definition) is 0. The Morgan fingerprint density at radius 3 is 1.26 bits per heavy atom. The van der Waals surface area contributed by atoms with Gasteiger partial charge in [0.1, 0.15) is 6.15 Å². The second-order valence-electron chi connectivity index (χ2n) is 7.39. The molecule has 0 aliphatic heterocycles. The van der Waals surface area contributed by atoms with Crippen molar-refractivity contribution >= 4 is 28.0 Å². The molecule has 4 aromatic carbocycles. The van der Waals surface area contributed by atoms with Crippen LogP contribution in [0.5, 0.6) is 0 Å². The van der Waals surface area contributed by atoms with Crippen molar-refractivity contribution in [1.82, 2.24) is 0 Å². The van der Waals surface area contributed by atoms with Gasteiger partial charge in [0, 0.05) is 0 Å². The lowest BCUT2D eigenvalue weighted by Gasteiger charge is -2.45. The molecular formula is C26H24B-. The van der Waals surface area contributed by atoms with Crippen LogP contribution in [0.3, 0.4) is 0 Å². The van der Waals surface area contributed by atoms with Gasteiger partial charge in [-0.15, -0.1) is 0 Å². The van der Waals surface area contributed by atoms with Crippen LogP contribution in [-0.4, -0.2) is 6.15 Å². The van der Waals surface area contributed by atoms with E-state index in [0.29, 0.717) is 0 Å². The van der Waals surface area contributed by atoms with Crippen LogP contribution in [0.2, 0.25) is 0 Å². The Bertz CT molecular complexity index is 925. The third-order valence-corrected chi connectivity index (χ3v) is 6.01. The van der Waals surface area contributed by atoms with Crippen LogP contribution in [0.25, 0.3) is 0 Å². The van der Waals surface area contributed by atoms with Crippen LogP contribution < -0.4 is 21.9 Å². The molecule has 0 bridgehead atoms. The van der Waals surface area contributed by atoms with E-state index in [4.69, 9.17) is 0 Å². The maximum absolute atomic E-state index is 2.31. The highest BCUT2D eigenvalue weighted by Crippen LogP contribution is 2.13. The Hall–Kier alpha value is -3.06. The smallest absolute Gasteiger partial charge is 0.108 e. The van der Waals surface area contributed by atoms with Crippen molar-refractivity contribution in [3.63, 3.8) is 0 Å². The summed E-state index contributed by atoms with van der Waals surface area (Å²) in [6.45, 7) is 4.47. The quantitative estimate of drug-likeness (QED) is 0.494. The molecule has 27 heavy (non-hydrogen) atoms. The van der Waals surface area contributed by atoms with Gasteiger partial charge in [0.25, 0.3) is 0 Å². The SMILES string of the molecule is Cc1cccc([B-](c2ccccc2)(c2ccccc2)c2ccccc2)c1C. The Kier molecular flexibility index (Phi) is 4.69. The Labute approximate surface area is 162 Å². The van der Waals surface area contributed by atoms with Crippen LogP contribution in [0, 0.1) is 13.8 Å². The standard InChI is InChI=1S/C26H24B/c1-21-13-12-20-26(22(21)2)27(23-14-6-3-7-15-23,24-16-8-4-9-17-24)25-18-10-5-11-19-25/h3-20H,1-2H3/q-1. The number of benzene rings is 4. The summed E-state index contributed by atoms with van der Waals surface area (Å²) in [5.41, 5.74) is 8.16. The highest BCUT2D eigenvalue weighted by atomic mass is 14.1. The molecule has 0 nitrogen and oxygen atoms in total. The third-order valence-electron chi connectivity index (χ3n) is 6.01. The lowest BCUT2D eigenvalue weighted by Crippen LogP contribution is -2.75. The van der Waals surface area contributed by atoms with E-state index in [1.54, 1.807) is 0 Å². The molecule has 4 rings (SSSR count). The summed E-state index contributed by atoms with van der Waals surface area (Å²) in [5.74, 6) is 0. The fourth-order valence-electron chi connectivity index (χ4n) is 4.58. The zero-order valence-electron chi connectivity index (χ0n) is 16.0. The van der Waals surface area contributed by atoms with Gasteiger partial charge >= 0.3 is 0 Å². The van der Waals surface area contributed by atoms with E-state index in [-0.39, 0.29) is 0 Å². The Morgan fingerprint density at radius 2 is 0.852 bits per heavy atom. The van der Waals surface area contributed by atoms with E-state index >= 15 is 0 Å². The average Bonchev–Trinajstić information content (AvgIpc) is 2.74. The molecule has 0 aromatic heterocycles. The topological polar surface area (TPSA) is 0 Å². The fourth-order valence-corrected chi connectivity index (χ4v) is 4.58. The average molecular weight is 347 g/mol. The largest absolute Gasteiger partial charge is 0.195 e. The number of hydrogen-bond acceptors (Lipinski definition) is 0. The summed E-state index contributed by atoms with van der Waals surface area (Å²) in [6.07, 6.45) is -1.26. The molecule has 0 aliphatic carbocycles. The lowest BCUT2D eigenvalue weighted by atomic mass is 9.12. The van der Waals surface area contributed by atoms with E-state index in [1.807, 2.05) is 0 Å². The van der Waals surface area contributed by atoms with Crippen LogP contribution in [0.4, 0.5) is 0 Å². The Morgan fingerprint density at radius 1 is 0.444 bits per heavy atom. The van der Waals surface area contributed by atoms with Gasteiger partial charge in [-0.05, 0) is 13.8 Å².